The summed E-state index contributed by atoms with van der Waals surface area (Å²) in [7, 11) is 2.03. The lowest BCUT2D eigenvalue weighted by atomic mass is 10.3. The van der Waals surface area contributed by atoms with Crippen LogP contribution >= 0.6 is 0 Å². The number of aromatic nitrogens is 1. The van der Waals surface area contributed by atoms with Gasteiger partial charge in [0.2, 0.25) is 0 Å². The second-order valence-corrected chi connectivity index (χ2v) is 3.86. The first-order chi connectivity index (χ1) is 6.24. The average molecular weight is 180 g/mol. The zero-order valence-corrected chi connectivity index (χ0v) is 7.98. The van der Waals surface area contributed by atoms with E-state index in [0.717, 1.165) is 26.1 Å². The Morgan fingerprint density at radius 3 is 3.00 bits per heavy atom. The largest absolute Gasteiger partial charge is 0.392 e. The number of aliphatic hydroxyl groups excluding tert-OH is 1. The number of β-amino-alcohol motifs (C(OH)–C–C–N with tert-alkyl or cyclic N) is 1. The van der Waals surface area contributed by atoms with Crippen molar-refractivity contribution in [2.24, 2.45) is 7.05 Å². The monoisotopic (exact) mass is 180 g/mol. The normalized spacial score (nSPS) is 24.0. The van der Waals surface area contributed by atoms with Crippen LogP contribution in [-0.2, 0) is 13.6 Å². The molecule has 0 aromatic carbocycles. The van der Waals surface area contributed by atoms with Crippen LogP contribution in [0.15, 0.2) is 18.5 Å². The van der Waals surface area contributed by atoms with Crippen molar-refractivity contribution in [3.05, 3.63) is 24.0 Å². The molecule has 1 aromatic heterocycles. The second kappa shape index (κ2) is 3.52. The van der Waals surface area contributed by atoms with Crippen LogP contribution in [0, 0.1) is 0 Å². The molecule has 1 fully saturated rings. The molecule has 0 aliphatic carbocycles. The van der Waals surface area contributed by atoms with Gasteiger partial charge in [-0.15, -0.1) is 0 Å². The summed E-state index contributed by atoms with van der Waals surface area (Å²) in [5, 5.41) is 9.34. The lowest BCUT2D eigenvalue weighted by molar-refractivity contribution is 0.175. The number of aryl methyl sites for hydroxylation is 1. The van der Waals surface area contributed by atoms with E-state index >= 15 is 0 Å². The fraction of sp³-hybridized carbons (Fsp3) is 0.600. The number of rotatable bonds is 2. The van der Waals surface area contributed by atoms with Gasteiger partial charge in [-0.25, -0.2) is 0 Å². The highest BCUT2D eigenvalue weighted by Gasteiger charge is 2.19. The number of hydrogen-bond acceptors (Lipinski definition) is 2. The van der Waals surface area contributed by atoms with E-state index in [1.807, 2.05) is 7.05 Å². The molecule has 2 heterocycles. The first-order valence-corrected chi connectivity index (χ1v) is 4.75. The van der Waals surface area contributed by atoms with E-state index in [-0.39, 0.29) is 6.10 Å². The van der Waals surface area contributed by atoms with E-state index in [1.54, 1.807) is 0 Å². The third kappa shape index (κ3) is 2.11. The van der Waals surface area contributed by atoms with Crippen LogP contribution in [0.3, 0.4) is 0 Å². The van der Waals surface area contributed by atoms with Crippen LogP contribution in [0.4, 0.5) is 0 Å². The van der Waals surface area contributed by atoms with E-state index in [0.29, 0.717) is 0 Å². The molecule has 0 amide bonds. The fourth-order valence-electron chi connectivity index (χ4n) is 1.87. The maximum atomic E-state index is 9.34. The summed E-state index contributed by atoms with van der Waals surface area (Å²) in [5.74, 6) is 0. The minimum Gasteiger partial charge on any atom is -0.392 e. The highest BCUT2D eigenvalue weighted by Crippen LogP contribution is 2.12. The van der Waals surface area contributed by atoms with Crippen molar-refractivity contribution in [3.63, 3.8) is 0 Å². The lowest BCUT2D eigenvalue weighted by Gasteiger charge is -2.13. The van der Waals surface area contributed by atoms with Crippen molar-refractivity contribution in [1.29, 1.82) is 0 Å². The van der Waals surface area contributed by atoms with Gasteiger partial charge in [-0.3, -0.25) is 4.90 Å². The molecule has 0 spiro atoms. The van der Waals surface area contributed by atoms with Crippen LogP contribution in [0.5, 0.6) is 0 Å². The van der Waals surface area contributed by atoms with E-state index in [9.17, 15) is 5.11 Å². The SMILES string of the molecule is Cn1ccc(CN2CC[C@@H](O)C2)c1. The Kier molecular flexibility index (Phi) is 2.38. The summed E-state index contributed by atoms with van der Waals surface area (Å²) in [6.07, 6.45) is 5.00. The zero-order chi connectivity index (χ0) is 9.26. The van der Waals surface area contributed by atoms with Gasteiger partial charge in [0.15, 0.2) is 0 Å². The topological polar surface area (TPSA) is 28.4 Å². The highest BCUT2D eigenvalue weighted by atomic mass is 16.3. The van der Waals surface area contributed by atoms with E-state index < -0.39 is 0 Å². The Morgan fingerprint density at radius 2 is 2.46 bits per heavy atom. The quantitative estimate of drug-likeness (QED) is 0.721. The molecule has 1 aliphatic heterocycles. The summed E-state index contributed by atoms with van der Waals surface area (Å²) >= 11 is 0. The smallest absolute Gasteiger partial charge is 0.0679 e. The van der Waals surface area contributed by atoms with Crippen molar-refractivity contribution in [1.82, 2.24) is 9.47 Å². The Bertz CT molecular complexity index is 282. The Morgan fingerprint density at radius 1 is 1.62 bits per heavy atom. The third-order valence-corrected chi connectivity index (χ3v) is 2.55. The molecule has 1 atom stereocenters. The van der Waals surface area contributed by atoms with Gasteiger partial charge in [-0.1, -0.05) is 0 Å². The van der Waals surface area contributed by atoms with Gasteiger partial charge in [-0.05, 0) is 18.1 Å². The van der Waals surface area contributed by atoms with Gasteiger partial charge in [0.1, 0.15) is 0 Å². The molecule has 0 unspecified atom stereocenters. The van der Waals surface area contributed by atoms with Crippen LogP contribution < -0.4 is 0 Å². The van der Waals surface area contributed by atoms with Gasteiger partial charge >= 0.3 is 0 Å². The lowest BCUT2D eigenvalue weighted by Crippen LogP contribution is -2.21. The summed E-state index contributed by atoms with van der Waals surface area (Å²) in [5.41, 5.74) is 1.33. The molecule has 2 rings (SSSR count). The summed E-state index contributed by atoms with van der Waals surface area (Å²) in [4.78, 5) is 2.29. The summed E-state index contributed by atoms with van der Waals surface area (Å²) < 4.78 is 2.06. The van der Waals surface area contributed by atoms with Crippen LogP contribution in [0.1, 0.15) is 12.0 Å². The van der Waals surface area contributed by atoms with Crippen molar-refractivity contribution >= 4 is 0 Å². The van der Waals surface area contributed by atoms with Crippen molar-refractivity contribution in [3.8, 4) is 0 Å². The van der Waals surface area contributed by atoms with E-state index in [1.165, 1.54) is 5.56 Å². The number of nitrogens with zero attached hydrogens (tertiary/aromatic N) is 2. The molecule has 1 aromatic rings. The summed E-state index contributed by atoms with van der Waals surface area (Å²) in [6, 6.07) is 2.13. The highest BCUT2D eigenvalue weighted by molar-refractivity contribution is 5.09. The molecule has 0 saturated carbocycles. The molecule has 1 aliphatic rings. The molecule has 13 heavy (non-hydrogen) atoms. The number of aliphatic hydroxyl groups is 1. The minimum absolute atomic E-state index is 0.108. The molecule has 0 bridgehead atoms. The van der Waals surface area contributed by atoms with Crippen molar-refractivity contribution in [2.75, 3.05) is 13.1 Å². The Labute approximate surface area is 78.6 Å². The summed E-state index contributed by atoms with van der Waals surface area (Å²) in [6.45, 7) is 2.82. The minimum atomic E-state index is -0.108. The van der Waals surface area contributed by atoms with Crippen molar-refractivity contribution in [2.45, 2.75) is 19.1 Å². The molecule has 0 radical (unpaired) electrons. The molecule has 1 N–H and O–H groups in total. The fourth-order valence-corrected chi connectivity index (χ4v) is 1.87. The Balaban J connectivity index is 1.91. The second-order valence-electron chi connectivity index (χ2n) is 3.86. The van der Waals surface area contributed by atoms with Gasteiger partial charge in [-0.2, -0.15) is 0 Å². The van der Waals surface area contributed by atoms with Crippen LogP contribution in [0.25, 0.3) is 0 Å². The number of hydrogen-bond donors (Lipinski definition) is 1. The van der Waals surface area contributed by atoms with E-state index in [4.69, 9.17) is 0 Å². The first kappa shape index (κ1) is 8.78. The standard InChI is InChI=1S/C10H16N2O/c1-11-4-2-9(6-11)7-12-5-3-10(13)8-12/h2,4,6,10,13H,3,5,7-8H2,1H3/t10-/m1/s1. The maximum Gasteiger partial charge on any atom is 0.0679 e. The van der Waals surface area contributed by atoms with Crippen LogP contribution in [-0.4, -0.2) is 33.8 Å². The zero-order valence-electron chi connectivity index (χ0n) is 7.98. The Hall–Kier alpha value is -0.800. The predicted octanol–water partition coefficient (Wildman–Crippen LogP) is 0.592. The van der Waals surface area contributed by atoms with Gasteiger partial charge in [0.05, 0.1) is 6.10 Å². The third-order valence-electron chi connectivity index (χ3n) is 2.55. The predicted molar refractivity (Wildman–Crippen MR) is 51.3 cm³/mol. The molecule has 3 nitrogen and oxygen atoms in total. The van der Waals surface area contributed by atoms with Crippen molar-refractivity contribution < 1.29 is 5.11 Å². The molecule has 1 saturated heterocycles. The molecular formula is C10H16N2O. The molecular weight excluding hydrogens is 164 g/mol. The van der Waals surface area contributed by atoms with Gasteiger partial charge in [0.25, 0.3) is 0 Å². The molecule has 3 heteroatoms. The van der Waals surface area contributed by atoms with E-state index in [2.05, 4.69) is 27.9 Å². The van der Waals surface area contributed by atoms with Crippen LogP contribution in [0.2, 0.25) is 0 Å². The van der Waals surface area contributed by atoms with Gasteiger partial charge < -0.3 is 9.67 Å². The maximum absolute atomic E-state index is 9.34. The average Bonchev–Trinajstić information content (AvgIpc) is 2.62. The molecule has 72 valence electrons. The van der Waals surface area contributed by atoms with Gasteiger partial charge in [0, 0.05) is 39.1 Å². The number of likely N-dealkylation sites (tertiary alicyclic amines) is 1. The first-order valence-electron chi connectivity index (χ1n) is 4.75.